The molecular weight excluding hydrogens is 407 g/mol. The molecular formula is C16H27F5N4O4. The van der Waals surface area contributed by atoms with Gasteiger partial charge in [-0.05, 0) is 26.7 Å². The number of amides is 1. The number of carbonyl (C=O) groups is 2. The summed E-state index contributed by atoms with van der Waals surface area (Å²) in [7, 11) is 1.25. The molecule has 170 valence electrons. The van der Waals surface area contributed by atoms with Gasteiger partial charge in [0.1, 0.15) is 12.2 Å². The molecule has 0 aromatic heterocycles. The fourth-order valence-electron chi connectivity index (χ4n) is 2.04. The van der Waals surface area contributed by atoms with Crippen LogP contribution in [0.25, 0.3) is 0 Å². The van der Waals surface area contributed by atoms with Crippen LogP contribution in [0, 0.1) is 0 Å². The molecule has 0 spiro atoms. The quantitative estimate of drug-likeness (QED) is 0.183. The maximum absolute atomic E-state index is 13.2. The Morgan fingerprint density at radius 1 is 1.10 bits per heavy atom. The van der Waals surface area contributed by atoms with E-state index in [2.05, 4.69) is 15.0 Å². The highest BCUT2D eigenvalue weighted by atomic mass is 19.4. The molecule has 0 aliphatic heterocycles. The Morgan fingerprint density at radius 2 is 1.66 bits per heavy atom. The molecule has 0 aromatic rings. The van der Waals surface area contributed by atoms with Crippen LogP contribution in [0.2, 0.25) is 0 Å². The van der Waals surface area contributed by atoms with Crippen molar-refractivity contribution in [3.63, 3.8) is 0 Å². The van der Waals surface area contributed by atoms with Crippen molar-refractivity contribution >= 4 is 17.6 Å². The Bertz CT molecular complexity index is 573. The zero-order valence-corrected chi connectivity index (χ0v) is 16.6. The molecule has 0 bridgehead atoms. The lowest BCUT2D eigenvalue weighted by molar-refractivity contribution is -0.278. The molecule has 0 aliphatic rings. The van der Waals surface area contributed by atoms with E-state index in [1.165, 1.54) is 21.0 Å². The van der Waals surface area contributed by atoms with E-state index in [1.54, 1.807) is 0 Å². The molecule has 0 saturated carbocycles. The summed E-state index contributed by atoms with van der Waals surface area (Å²) in [6, 6.07) is -1.31. The highest BCUT2D eigenvalue weighted by Crippen LogP contribution is 2.34. The van der Waals surface area contributed by atoms with E-state index in [4.69, 9.17) is 16.2 Å². The van der Waals surface area contributed by atoms with Gasteiger partial charge in [-0.2, -0.15) is 13.2 Å². The van der Waals surface area contributed by atoms with Crippen molar-refractivity contribution in [3.05, 3.63) is 0 Å². The highest BCUT2D eigenvalue weighted by molar-refractivity contribution is 5.92. The average Bonchev–Trinajstić information content (AvgIpc) is 2.54. The first kappa shape index (κ1) is 27.0. The van der Waals surface area contributed by atoms with Crippen LogP contribution in [-0.4, -0.2) is 67.8 Å². The van der Waals surface area contributed by atoms with Crippen molar-refractivity contribution in [1.29, 1.82) is 0 Å². The van der Waals surface area contributed by atoms with Gasteiger partial charge in [-0.15, -0.1) is 0 Å². The Hall–Kier alpha value is -2.02. The van der Waals surface area contributed by atoms with E-state index in [9.17, 15) is 31.5 Å². The van der Waals surface area contributed by atoms with Crippen LogP contribution >= 0.6 is 0 Å². The van der Waals surface area contributed by atoms with Gasteiger partial charge in [-0.25, -0.2) is 8.78 Å². The lowest BCUT2D eigenvalue weighted by Gasteiger charge is -2.28. The van der Waals surface area contributed by atoms with E-state index >= 15 is 0 Å². The first-order valence-electron chi connectivity index (χ1n) is 8.52. The number of Topliss-reactive ketones (excluding diaryl/α,β-unsaturated/α-hetero) is 1. The predicted molar refractivity (Wildman–Crippen MR) is 94.4 cm³/mol. The molecule has 8 nitrogen and oxygen atoms in total. The minimum Gasteiger partial charge on any atom is -0.370 e. The summed E-state index contributed by atoms with van der Waals surface area (Å²) in [4.78, 5) is 28.2. The van der Waals surface area contributed by atoms with E-state index < -0.39 is 48.1 Å². The standard InChI is InChI=1S/C16H27F5N4O4/c1-14(2,28-4)12(27)25-9(6-5-7-24-13(22)23)10(26)8-29-11(15(3,17)18)16(19,20)21/h9,11H,5-8H2,1-4H3,(H,25,27)(H4,22,23,24). The van der Waals surface area contributed by atoms with Gasteiger partial charge in [0, 0.05) is 20.6 Å². The van der Waals surface area contributed by atoms with Crippen molar-refractivity contribution in [1.82, 2.24) is 5.32 Å². The fraction of sp³-hybridized carbons (Fsp3) is 0.812. The third kappa shape index (κ3) is 9.83. The monoisotopic (exact) mass is 434 g/mol. The van der Waals surface area contributed by atoms with E-state index in [0.29, 0.717) is 0 Å². The average molecular weight is 434 g/mol. The third-order valence-electron chi connectivity index (χ3n) is 3.85. The number of nitrogens with two attached hydrogens (primary N) is 2. The molecule has 0 radical (unpaired) electrons. The Morgan fingerprint density at radius 3 is 2.07 bits per heavy atom. The summed E-state index contributed by atoms with van der Waals surface area (Å²) in [5, 5.41) is 2.32. The van der Waals surface area contributed by atoms with Gasteiger partial charge in [0.2, 0.25) is 6.10 Å². The molecule has 0 rings (SSSR count). The van der Waals surface area contributed by atoms with Crippen LogP contribution in [0.4, 0.5) is 22.0 Å². The first-order valence-corrected chi connectivity index (χ1v) is 8.52. The van der Waals surface area contributed by atoms with Crippen LogP contribution in [0.5, 0.6) is 0 Å². The zero-order valence-electron chi connectivity index (χ0n) is 16.6. The van der Waals surface area contributed by atoms with Crippen molar-refractivity contribution in [2.24, 2.45) is 16.5 Å². The molecule has 0 saturated heterocycles. The Balaban J connectivity index is 5.25. The van der Waals surface area contributed by atoms with Gasteiger partial charge in [0.15, 0.2) is 11.7 Å². The van der Waals surface area contributed by atoms with Crippen LogP contribution in [-0.2, 0) is 19.1 Å². The zero-order chi connectivity index (χ0) is 23.0. The Labute approximate surface area is 165 Å². The summed E-state index contributed by atoms with van der Waals surface area (Å²) in [6.45, 7) is 1.63. The van der Waals surface area contributed by atoms with Gasteiger partial charge in [-0.3, -0.25) is 14.6 Å². The lowest BCUT2D eigenvalue weighted by atomic mass is 10.0. The van der Waals surface area contributed by atoms with Crippen molar-refractivity contribution in [3.8, 4) is 0 Å². The smallest absolute Gasteiger partial charge is 0.370 e. The van der Waals surface area contributed by atoms with Crippen LogP contribution in [0.3, 0.4) is 0 Å². The number of aliphatic imine (C=N–C) groups is 1. The largest absolute Gasteiger partial charge is 0.420 e. The molecule has 29 heavy (non-hydrogen) atoms. The second-order valence-electron chi connectivity index (χ2n) is 6.84. The number of hydrogen-bond donors (Lipinski definition) is 3. The summed E-state index contributed by atoms with van der Waals surface area (Å²) < 4.78 is 73.8. The molecule has 1 amide bonds. The normalized spacial score (nSPS) is 14.8. The maximum Gasteiger partial charge on any atom is 0.420 e. The number of ketones is 1. The molecule has 13 heteroatoms. The molecule has 0 aliphatic carbocycles. The number of methoxy groups -OCH3 is 1. The third-order valence-corrected chi connectivity index (χ3v) is 3.85. The topological polar surface area (TPSA) is 129 Å². The van der Waals surface area contributed by atoms with Crippen molar-refractivity contribution in [2.45, 2.75) is 63.5 Å². The van der Waals surface area contributed by atoms with Crippen LogP contribution in [0.15, 0.2) is 4.99 Å². The first-order chi connectivity index (χ1) is 13.0. The second-order valence-corrected chi connectivity index (χ2v) is 6.84. The van der Waals surface area contributed by atoms with E-state index in [-0.39, 0.29) is 32.3 Å². The number of halogens is 5. The molecule has 0 aromatic carbocycles. The number of alkyl halides is 5. The number of guanidine groups is 1. The van der Waals surface area contributed by atoms with Crippen molar-refractivity contribution < 1.29 is 41.0 Å². The summed E-state index contributed by atoms with van der Waals surface area (Å²) >= 11 is 0. The van der Waals surface area contributed by atoms with Crippen molar-refractivity contribution in [2.75, 3.05) is 20.3 Å². The SMILES string of the molecule is COC(C)(C)C(=O)NC(CCCN=C(N)N)C(=O)COC(C(C)(F)F)C(F)(F)F. The molecule has 0 fully saturated rings. The Kier molecular flexibility index (Phi) is 9.93. The van der Waals surface area contributed by atoms with E-state index in [0.717, 1.165) is 0 Å². The van der Waals surface area contributed by atoms with Crippen LogP contribution < -0.4 is 16.8 Å². The van der Waals surface area contributed by atoms with Crippen LogP contribution in [0.1, 0.15) is 33.6 Å². The van der Waals surface area contributed by atoms with E-state index in [1.807, 2.05) is 0 Å². The summed E-state index contributed by atoms with van der Waals surface area (Å²) in [5.74, 6) is -6.22. The minimum absolute atomic E-state index is 0.0330. The number of carbonyl (C=O) groups excluding carboxylic acids is 2. The molecule has 2 atom stereocenters. The van der Waals surface area contributed by atoms with Gasteiger partial charge in [0.05, 0.1) is 6.04 Å². The second kappa shape index (κ2) is 10.7. The van der Waals surface area contributed by atoms with Gasteiger partial charge >= 0.3 is 6.18 Å². The number of ether oxygens (including phenoxy) is 2. The summed E-state index contributed by atoms with van der Waals surface area (Å²) in [5.41, 5.74) is 8.99. The number of rotatable bonds is 12. The molecule has 2 unspecified atom stereocenters. The van der Waals surface area contributed by atoms with Gasteiger partial charge < -0.3 is 26.3 Å². The summed E-state index contributed by atoms with van der Waals surface area (Å²) in [6.07, 6.45) is -8.74. The number of nitrogens with zero attached hydrogens (tertiary/aromatic N) is 1. The van der Waals surface area contributed by atoms with Gasteiger partial charge in [0.25, 0.3) is 11.8 Å². The van der Waals surface area contributed by atoms with Gasteiger partial charge in [-0.1, -0.05) is 0 Å². The number of nitrogens with one attached hydrogen (secondary N) is 1. The number of hydrogen-bond acceptors (Lipinski definition) is 5. The minimum atomic E-state index is -5.39. The fourth-order valence-corrected chi connectivity index (χ4v) is 2.04. The molecule has 5 N–H and O–H groups in total. The predicted octanol–water partition coefficient (Wildman–Crippen LogP) is 1.12. The molecule has 0 heterocycles. The lowest BCUT2D eigenvalue weighted by Crippen LogP contribution is -2.52. The highest BCUT2D eigenvalue weighted by Gasteiger charge is 2.54. The maximum atomic E-state index is 13.2.